The Labute approximate surface area is 167 Å². The lowest BCUT2D eigenvalue weighted by molar-refractivity contribution is 0.141. The summed E-state index contributed by atoms with van der Waals surface area (Å²) in [6.45, 7) is 1.57. The van der Waals surface area contributed by atoms with Crippen molar-refractivity contribution in [3.05, 3.63) is 34.9 Å². The average Bonchev–Trinajstić information content (AvgIpc) is 2.95. The number of nitrogens with zero attached hydrogens (tertiary/aromatic N) is 5. The molecule has 9 nitrogen and oxygen atoms in total. The van der Waals surface area contributed by atoms with Gasteiger partial charge in [-0.1, -0.05) is 11.6 Å². The highest BCUT2D eigenvalue weighted by Gasteiger charge is 2.46. The van der Waals surface area contributed by atoms with Gasteiger partial charge in [-0.15, -0.1) is 5.10 Å². The van der Waals surface area contributed by atoms with E-state index in [0.717, 1.165) is 32.4 Å². The fourth-order valence-electron chi connectivity index (χ4n) is 4.37. The van der Waals surface area contributed by atoms with Gasteiger partial charge >= 0.3 is 0 Å². The average molecular weight is 403 g/mol. The SMILES string of the molecule is N=C(c1ccnnc1Cl)c1ncc(N2CCC3(CC2)CC(O)CC3N)nc1N. The van der Waals surface area contributed by atoms with Crippen molar-refractivity contribution in [1.82, 2.24) is 20.2 Å². The summed E-state index contributed by atoms with van der Waals surface area (Å²) in [5.74, 6) is 0.846. The summed E-state index contributed by atoms with van der Waals surface area (Å²) in [6, 6.07) is 1.64. The van der Waals surface area contributed by atoms with E-state index in [9.17, 15) is 5.11 Å². The van der Waals surface area contributed by atoms with E-state index in [-0.39, 0.29) is 39.9 Å². The van der Waals surface area contributed by atoms with Crippen LogP contribution in [0.15, 0.2) is 18.5 Å². The van der Waals surface area contributed by atoms with Crippen LogP contribution in [-0.4, -0.2) is 56.2 Å². The minimum Gasteiger partial charge on any atom is -0.393 e. The lowest BCUT2D eigenvalue weighted by Gasteiger charge is -2.42. The summed E-state index contributed by atoms with van der Waals surface area (Å²) < 4.78 is 0. The first-order valence-electron chi connectivity index (χ1n) is 9.27. The number of halogens is 1. The van der Waals surface area contributed by atoms with Gasteiger partial charge in [0.15, 0.2) is 11.0 Å². The van der Waals surface area contributed by atoms with Crippen molar-refractivity contribution in [2.45, 2.75) is 37.8 Å². The van der Waals surface area contributed by atoms with Crippen LogP contribution < -0.4 is 16.4 Å². The van der Waals surface area contributed by atoms with Crippen molar-refractivity contribution >= 4 is 28.9 Å². The van der Waals surface area contributed by atoms with Crippen molar-refractivity contribution in [3.63, 3.8) is 0 Å². The standard InChI is InChI=1S/C18H23ClN8O/c19-16-11(1-4-24-26-16)14(21)15-17(22)25-13(9-23-15)27-5-2-18(3-6-27)8-10(28)7-12(18)20/h1,4,9-10,12,21,28H,2-3,5-8,20H2,(H2,22,25). The Morgan fingerprint density at radius 1 is 1.36 bits per heavy atom. The largest absolute Gasteiger partial charge is 0.393 e. The van der Waals surface area contributed by atoms with Gasteiger partial charge in [0.25, 0.3) is 0 Å². The van der Waals surface area contributed by atoms with Crippen molar-refractivity contribution in [3.8, 4) is 0 Å². The summed E-state index contributed by atoms with van der Waals surface area (Å²) in [7, 11) is 0. The van der Waals surface area contributed by atoms with E-state index >= 15 is 0 Å². The molecule has 0 radical (unpaired) electrons. The minimum absolute atomic E-state index is 0.0159. The third-order valence-corrected chi connectivity index (χ3v) is 6.29. The molecule has 6 N–H and O–H groups in total. The number of piperidine rings is 1. The van der Waals surface area contributed by atoms with Crippen molar-refractivity contribution < 1.29 is 5.11 Å². The zero-order chi connectivity index (χ0) is 19.9. The van der Waals surface area contributed by atoms with Crippen molar-refractivity contribution in [1.29, 1.82) is 5.41 Å². The lowest BCUT2D eigenvalue weighted by Crippen LogP contribution is -2.47. The molecule has 2 fully saturated rings. The summed E-state index contributed by atoms with van der Waals surface area (Å²) in [4.78, 5) is 10.9. The van der Waals surface area contributed by atoms with E-state index in [1.807, 2.05) is 0 Å². The number of anilines is 2. The van der Waals surface area contributed by atoms with Crippen LogP contribution in [0.2, 0.25) is 5.15 Å². The molecule has 28 heavy (non-hydrogen) atoms. The minimum atomic E-state index is -0.295. The third kappa shape index (κ3) is 3.30. The van der Waals surface area contributed by atoms with Crippen molar-refractivity contribution in [2.24, 2.45) is 11.1 Å². The Morgan fingerprint density at radius 3 is 2.71 bits per heavy atom. The summed E-state index contributed by atoms with van der Waals surface area (Å²) in [5.41, 5.74) is 13.1. The second kappa shape index (κ2) is 7.23. The molecule has 2 aromatic rings. The zero-order valence-electron chi connectivity index (χ0n) is 15.3. The molecule has 2 unspecified atom stereocenters. The molecule has 1 spiro atoms. The Bertz CT molecular complexity index is 899. The third-order valence-electron chi connectivity index (χ3n) is 6.01. The van der Waals surface area contributed by atoms with E-state index in [2.05, 4.69) is 25.1 Å². The van der Waals surface area contributed by atoms with Crippen LogP contribution >= 0.6 is 11.6 Å². The molecular formula is C18H23ClN8O. The molecule has 4 rings (SSSR count). The highest BCUT2D eigenvalue weighted by atomic mass is 35.5. The molecule has 2 aromatic heterocycles. The van der Waals surface area contributed by atoms with Crippen LogP contribution in [0.3, 0.4) is 0 Å². The number of aromatic nitrogens is 4. The molecule has 0 bridgehead atoms. The second-order valence-electron chi connectivity index (χ2n) is 7.62. The number of rotatable bonds is 3. The maximum Gasteiger partial charge on any atom is 0.161 e. The molecule has 148 valence electrons. The molecule has 1 saturated carbocycles. The first-order valence-corrected chi connectivity index (χ1v) is 9.65. The lowest BCUT2D eigenvalue weighted by atomic mass is 9.74. The number of nitrogens with two attached hydrogens (primary N) is 2. The van der Waals surface area contributed by atoms with E-state index in [0.29, 0.717) is 17.8 Å². The summed E-state index contributed by atoms with van der Waals surface area (Å²) in [6.07, 6.45) is 6.05. The van der Waals surface area contributed by atoms with Gasteiger partial charge in [0.2, 0.25) is 0 Å². The van der Waals surface area contributed by atoms with Gasteiger partial charge in [0, 0.05) is 24.7 Å². The highest BCUT2D eigenvalue weighted by molar-refractivity contribution is 6.34. The van der Waals surface area contributed by atoms with Gasteiger partial charge in [0.1, 0.15) is 11.5 Å². The van der Waals surface area contributed by atoms with Crippen LogP contribution in [0.25, 0.3) is 0 Å². The normalized spacial score (nSPS) is 23.9. The number of aliphatic hydroxyl groups excluding tert-OH is 1. The van der Waals surface area contributed by atoms with Gasteiger partial charge in [-0.3, -0.25) is 5.41 Å². The summed E-state index contributed by atoms with van der Waals surface area (Å²) in [5, 5.41) is 25.8. The van der Waals surface area contributed by atoms with E-state index in [4.69, 9.17) is 28.5 Å². The zero-order valence-corrected chi connectivity index (χ0v) is 16.1. The molecule has 0 amide bonds. The number of hydrogen-bond donors (Lipinski definition) is 4. The van der Waals surface area contributed by atoms with Crippen molar-refractivity contribution in [2.75, 3.05) is 23.7 Å². The molecular weight excluding hydrogens is 380 g/mol. The number of nitrogen functional groups attached to an aromatic ring is 1. The molecule has 1 aliphatic heterocycles. The quantitative estimate of drug-likeness (QED) is 0.554. The number of nitrogens with one attached hydrogen (secondary N) is 1. The Balaban J connectivity index is 1.50. The predicted octanol–water partition coefficient (Wildman–Crippen LogP) is 0.987. The van der Waals surface area contributed by atoms with Crippen LogP contribution in [0.1, 0.15) is 36.9 Å². The molecule has 1 saturated heterocycles. The molecule has 10 heteroatoms. The maximum absolute atomic E-state index is 9.96. The molecule has 2 aliphatic rings. The van der Waals surface area contributed by atoms with Crippen LogP contribution in [0.4, 0.5) is 11.6 Å². The molecule has 0 aromatic carbocycles. The predicted molar refractivity (Wildman–Crippen MR) is 107 cm³/mol. The van der Waals surface area contributed by atoms with Crippen LogP contribution in [0.5, 0.6) is 0 Å². The van der Waals surface area contributed by atoms with Gasteiger partial charge in [-0.05, 0) is 37.2 Å². The maximum atomic E-state index is 9.96. The van der Waals surface area contributed by atoms with Crippen LogP contribution in [0, 0.1) is 10.8 Å². The van der Waals surface area contributed by atoms with Gasteiger partial charge in [-0.25, -0.2) is 9.97 Å². The fraction of sp³-hybridized carbons (Fsp3) is 0.500. The molecule has 2 atom stereocenters. The topological polar surface area (TPSA) is 151 Å². The molecule has 1 aliphatic carbocycles. The number of hydrogen-bond acceptors (Lipinski definition) is 9. The first kappa shape index (κ1) is 19.0. The smallest absolute Gasteiger partial charge is 0.161 e. The van der Waals surface area contributed by atoms with Gasteiger partial charge in [0.05, 0.1) is 24.2 Å². The first-order chi connectivity index (χ1) is 13.4. The number of aliphatic hydroxyl groups is 1. The van der Waals surface area contributed by atoms with Crippen LogP contribution in [-0.2, 0) is 0 Å². The highest BCUT2D eigenvalue weighted by Crippen LogP contribution is 2.46. The second-order valence-corrected chi connectivity index (χ2v) is 7.98. The Kier molecular flexibility index (Phi) is 4.90. The van der Waals surface area contributed by atoms with E-state index in [1.165, 1.54) is 6.20 Å². The Hall–Kier alpha value is -2.36. The van der Waals surface area contributed by atoms with Gasteiger partial charge in [-0.2, -0.15) is 5.10 Å². The Morgan fingerprint density at radius 2 is 2.11 bits per heavy atom. The fourth-order valence-corrected chi connectivity index (χ4v) is 4.57. The van der Waals surface area contributed by atoms with E-state index in [1.54, 1.807) is 12.3 Å². The van der Waals surface area contributed by atoms with Gasteiger partial charge < -0.3 is 21.5 Å². The molecule has 3 heterocycles. The van der Waals surface area contributed by atoms with E-state index < -0.39 is 0 Å². The monoisotopic (exact) mass is 402 g/mol. The summed E-state index contributed by atoms with van der Waals surface area (Å²) >= 11 is 6.02.